The molecule has 252 valence electrons. The van der Waals surface area contributed by atoms with Crippen LogP contribution in [-0.2, 0) is 36.7 Å². The molecule has 4 fully saturated rings. The van der Waals surface area contributed by atoms with Gasteiger partial charge in [0.15, 0.2) is 28.9 Å². The maximum Gasteiger partial charge on any atom is 0.472 e. The van der Waals surface area contributed by atoms with Gasteiger partial charge in [-0.05, 0) is 12.3 Å². The van der Waals surface area contributed by atoms with Gasteiger partial charge < -0.3 is 35.5 Å². The van der Waals surface area contributed by atoms with Crippen molar-refractivity contribution in [3.05, 3.63) is 23.0 Å². The van der Waals surface area contributed by atoms with Crippen LogP contribution < -0.4 is 17.0 Å². The van der Waals surface area contributed by atoms with Crippen molar-refractivity contribution in [2.24, 2.45) is 11.3 Å². The Bertz CT molecular complexity index is 2060. The first kappa shape index (κ1) is 31.2. The molecule has 2 saturated carbocycles. The number of imidazole rings is 1. The molecule has 25 heteroatoms. The SMILES string of the molecule is CO[C@H]1[C@H]2OP(=O)(O)OC[C@@]34C[C@@H]3[C@@H](n3cnc5c(N)ncnc53)[C@H](O)[C@@H]4O[P@@](=O)(S)OC[C@H]1O[C@H]2n1nnc2c(=O)[nH]c(N)nc21. The Morgan fingerprint density at radius 2 is 1.98 bits per heavy atom. The molecule has 0 aromatic carbocycles. The lowest BCUT2D eigenvalue weighted by Crippen LogP contribution is -2.37. The minimum Gasteiger partial charge on any atom is -0.388 e. The Morgan fingerprint density at radius 1 is 1.17 bits per heavy atom. The van der Waals surface area contributed by atoms with Crippen molar-refractivity contribution in [1.29, 1.82) is 0 Å². The van der Waals surface area contributed by atoms with Crippen LogP contribution in [0.5, 0.6) is 0 Å². The van der Waals surface area contributed by atoms with E-state index in [0.717, 1.165) is 4.68 Å². The second-order valence-corrected chi connectivity index (χ2v) is 15.9. The molecule has 1 spiro atoms. The predicted octanol–water partition coefficient (Wildman–Crippen LogP) is -0.691. The monoisotopic (exact) mass is 715 g/mol. The number of methoxy groups -OCH3 is 1. The van der Waals surface area contributed by atoms with E-state index in [4.69, 9.17) is 39.0 Å². The van der Waals surface area contributed by atoms with E-state index >= 15 is 0 Å². The van der Waals surface area contributed by atoms with E-state index in [0.29, 0.717) is 17.6 Å². The van der Waals surface area contributed by atoms with E-state index in [1.165, 1.54) is 19.8 Å². The van der Waals surface area contributed by atoms with Crippen LogP contribution in [0.4, 0.5) is 11.8 Å². The summed E-state index contributed by atoms with van der Waals surface area (Å²) in [5.41, 5.74) is 10.2. The maximum absolute atomic E-state index is 13.7. The number of nitrogens with zero attached hydrogens (tertiary/aromatic N) is 8. The topological polar surface area (TPSA) is 302 Å². The van der Waals surface area contributed by atoms with E-state index in [1.807, 2.05) is 0 Å². The third-order valence-corrected chi connectivity index (χ3v) is 11.6. The van der Waals surface area contributed by atoms with Crippen LogP contribution >= 0.6 is 26.9 Å². The summed E-state index contributed by atoms with van der Waals surface area (Å²) in [7, 11) is -3.68. The van der Waals surface area contributed by atoms with Gasteiger partial charge in [-0.2, -0.15) is 9.67 Å². The second kappa shape index (κ2) is 10.7. The number of nitrogens with two attached hydrogens (primary N) is 2. The van der Waals surface area contributed by atoms with Gasteiger partial charge in [-0.25, -0.2) is 24.1 Å². The Morgan fingerprint density at radius 3 is 2.77 bits per heavy atom. The average Bonchev–Trinajstić information content (AvgIpc) is 3.30. The van der Waals surface area contributed by atoms with Crippen LogP contribution in [0, 0.1) is 11.3 Å². The van der Waals surface area contributed by atoms with Gasteiger partial charge in [-0.1, -0.05) is 17.5 Å². The molecule has 2 saturated heterocycles. The number of nitrogens with one attached hydrogen (secondary N) is 1. The standard InChI is InChI=1S/C22H27N11O11P2S/c1-39-13-8-3-40-46(38,47)44-15-12(34)11(32-6-27-9-16(23)25-5-26-17(9)32)7-2-22(7,15)4-41-45(36,37)43-14(13)20(42-8)33-18-10(30-31-33)19(35)29-21(24)28-18/h5-8,11-15,20,34H,2-4H2,1H3,(H,36,37)(H,38,47)(H2,23,25,26)(H3,24,28,29,35)/t7-,8-,11-,12+,13-,14-,15+,20-,22+,46+/m1/s1. The van der Waals surface area contributed by atoms with Crippen molar-refractivity contribution < 1.29 is 46.7 Å². The van der Waals surface area contributed by atoms with Gasteiger partial charge in [0.25, 0.3) is 5.56 Å². The number of hydrogen-bond acceptors (Lipinski definition) is 18. The summed E-state index contributed by atoms with van der Waals surface area (Å²) in [5.74, 6) is -0.541. The fourth-order valence-corrected chi connectivity index (χ4v) is 9.47. The number of rotatable bonds is 3. The molecule has 2 aliphatic heterocycles. The van der Waals surface area contributed by atoms with Crippen LogP contribution in [0.25, 0.3) is 22.3 Å². The number of aromatic nitrogens is 9. The molecule has 0 radical (unpaired) electrons. The fourth-order valence-electron chi connectivity index (χ4n) is 6.95. The van der Waals surface area contributed by atoms with E-state index in [2.05, 4.69) is 47.5 Å². The first-order valence-corrected chi connectivity index (χ1v) is 18.2. The highest BCUT2D eigenvalue weighted by atomic mass is 32.7. The number of H-pyrrole nitrogens is 1. The molecule has 2 aliphatic carbocycles. The lowest BCUT2D eigenvalue weighted by molar-refractivity contribution is -0.0647. The van der Waals surface area contributed by atoms with E-state index in [9.17, 15) is 23.9 Å². The zero-order chi connectivity index (χ0) is 33.0. The van der Waals surface area contributed by atoms with Crippen molar-refractivity contribution in [2.75, 3.05) is 31.8 Å². The van der Waals surface area contributed by atoms with Gasteiger partial charge in [0.05, 0.1) is 25.6 Å². The zero-order valence-electron chi connectivity index (χ0n) is 24.0. The summed E-state index contributed by atoms with van der Waals surface area (Å²) in [4.78, 5) is 42.3. The van der Waals surface area contributed by atoms with E-state index in [-0.39, 0.29) is 22.9 Å². The number of phosphoric acid groups is 1. The number of phosphoric ester groups is 1. The minimum atomic E-state index is -4.97. The highest BCUT2D eigenvalue weighted by Crippen LogP contribution is 2.73. The number of aliphatic hydroxyl groups is 1. The third kappa shape index (κ3) is 4.92. The van der Waals surface area contributed by atoms with Crippen LogP contribution in [0.15, 0.2) is 17.4 Å². The normalized spacial score (nSPS) is 40.4. The fraction of sp³-hybridized carbons (Fsp3) is 0.591. The molecule has 47 heavy (non-hydrogen) atoms. The molecule has 7 N–H and O–H groups in total. The van der Waals surface area contributed by atoms with Crippen molar-refractivity contribution in [3.8, 4) is 0 Å². The predicted molar refractivity (Wildman–Crippen MR) is 158 cm³/mol. The summed E-state index contributed by atoms with van der Waals surface area (Å²) in [6.07, 6.45) is -4.68. The van der Waals surface area contributed by atoms with Gasteiger partial charge in [0.2, 0.25) is 5.95 Å². The number of aliphatic hydroxyl groups excluding tert-OH is 1. The molecule has 22 nitrogen and oxygen atoms in total. The highest BCUT2D eigenvalue weighted by Gasteiger charge is 2.74. The molecule has 2 bridgehead atoms. The van der Waals surface area contributed by atoms with Gasteiger partial charge in [-0.15, -0.1) is 5.10 Å². The molecule has 0 amide bonds. The smallest absolute Gasteiger partial charge is 0.388 e. The molecular formula is C22H27N11O11P2S. The third-order valence-electron chi connectivity index (χ3n) is 9.08. The zero-order valence-corrected chi connectivity index (χ0v) is 26.7. The summed E-state index contributed by atoms with van der Waals surface area (Å²) in [6.45, 7) is -5.24. The lowest BCUT2D eigenvalue weighted by Gasteiger charge is -2.30. The number of nitrogen functional groups attached to an aromatic ring is 2. The second-order valence-electron chi connectivity index (χ2n) is 11.6. The summed E-state index contributed by atoms with van der Waals surface area (Å²) in [5, 5.41) is 19.3. The number of anilines is 2. The quantitative estimate of drug-likeness (QED) is 0.113. The van der Waals surface area contributed by atoms with Crippen molar-refractivity contribution in [2.45, 2.75) is 49.2 Å². The van der Waals surface area contributed by atoms with Crippen LogP contribution in [0.2, 0.25) is 0 Å². The molecular weight excluding hydrogens is 688 g/mol. The van der Waals surface area contributed by atoms with E-state index in [1.54, 1.807) is 4.57 Å². The Hall–Kier alpha value is -3.08. The van der Waals surface area contributed by atoms with Crippen molar-refractivity contribution in [1.82, 2.24) is 44.5 Å². The van der Waals surface area contributed by atoms with Crippen molar-refractivity contribution in [3.63, 3.8) is 0 Å². The molecule has 4 aliphatic rings. The van der Waals surface area contributed by atoms with Gasteiger partial charge in [-0.3, -0.25) is 27.9 Å². The van der Waals surface area contributed by atoms with Gasteiger partial charge in [0.1, 0.15) is 42.4 Å². The first-order valence-electron chi connectivity index (χ1n) is 14.0. The van der Waals surface area contributed by atoms with Crippen LogP contribution in [-0.4, -0.2) is 105 Å². The Balaban J connectivity index is 1.15. The first-order chi connectivity index (χ1) is 22.3. The van der Waals surface area contributed by atoms with Crippen LogP contribution in [0.3, 0.4) is 0 Å². The highest BCUT2D eigenvalue weighted by molar-refractivity contribution is 8.44. The number of ether oxygens (including phenoxy) is 2. The number of fused-ring (bicyclic) bond motifs is 4. The number of aromatic amines is 1. The summed E-state index contributed by atoms with van der Waals surface area (Å²) < 4.78 is 64.3. The molecule has 11 atom stereocenters. The molecule has 1 unspecified atom stereocenters. The Kier molecular flexibility index (Phi) is 7.11. The average molecular weight is 716 g/mol. The lowest BCUT2D eigenvalue weighted by atomic mass is 10.0. The van der Waals surface area contributed by atoms with Crippen LogP contribution in [0.1, 0.15) is 18.7 Å². The number of thiol groups is 1. The van der Waals surface area contributed by atoms with Gasteiger partial charge in [0, 0.05) is 12.5 Å². The molecule has 4 aromatic heterocycles. The summed E-state index contributed by atoms with van der Waals surface area (Å²) in [6, 6.07) is -0.742. The summed E-state index contributed by atoms with van der Waals surface area (Å²) >= 11 is 4.18. The molecule has 4 aromatic rings. The van der Waals surface area contributed by atoms with E-state index < -0.39 is 87.5 Å². The largest absolute Gasteiger partial charge is 0.472 e. The molecule has 6 heterocycles. The minimum absolute atomic E-state index is 0.119. The van der Waals surface area contributed by atoms with Crippen molar-refractivity contribution >= 4 is 61.0 Å². The maximum atomic E-state index is 13.7. The molecule has 8 rings (SSSR count). The number of hydrogen-bond donors (Lipinski definition) is 6. The Labute approximate surface area is 267 Å². The van der Waals surface area contributed by atoms with Gasteiger partial charge >= 0.3 is 14.6 Å².